The largest absolute Gasteiger partial charge is 0.301 e. The first kappa shape index (κ1) is 7.93. The monoisotopic (exact) mass is 207 g/mol. The highest BCUT2D eigenvalue weighted by atomic mass is 15.3. The van der Waals surface area contributed by atoms with Gasteiger partial charge in [-0.1, -0.05) is 18.2 Å². The molecule has 3 nitrogen and oxygen atoms in total. The van der Waals surface area contributed by atoms with Crippen molar-refractivity contribution in [3.05, 3.63) is 54.9 Å². The summed E-state index contributed by atoms with van der Waals surface area (Å²) in [5.41, 5.74) is 3.47. The van der Waals surface area contributed by atoms with Crippen LogP contribution in [0.2, 0.25) is 0 Å². The molecule has 0 spiro atoms. The Hall–Kier alpha value is -2.29. The SMILES string of the molecule is c1ccc2c(c1)c1ccnn1c1cccn21. The standard InChI is InChI=1S/C13H9N3/c1-2-5-11-10(4-1)12-7-8-14-16(12)13-6-3-9-15(11)13/h1-9H. The fourth-order valence-corrected chi connectivity index (χ4v) is 2.34. The molecule has 0 saturated heterocycles. The van der Waals surface area contributed by atoms with E-state index in [9.17, 15) is 0 Å². The van der Waals surface area contributed by atoms with Gasteiger partial charge < -0.3 is 4.40 Å². The summed E-state index contributed by atoms with van der Waals surface area (Å²) in [6.07, 6.45) is 3.91. The molecule has 0 unspecified atom stereocenters. The Balaban J connectivity index is 2.51. The van der Waals surface area contributed by atoms with Crippen LogP contribution in [0, 0.1) is 0 Å². The lowest BCUT2D eigenvalue weighted by atomic mass is 10.2. The van der Waals surface area contributed by atoms with Crippen LogP contribution in [0.5, 0.6) is 0 Å². The van der Waals surface area contributed by atoms with Gasteiger partial charge in [0.15, 0.2) is 0 Å². The Morgan fingerprint density at radius 3 is 2.81 bits per heavy atom. The highest BCUT2D eigenvalue weighted by Gasteiger charge is 2.06. The van der Waals surface area contributed by atoms with Gasteiger partial charge in [-0.2, -0.15) is 5.10 Å². The smallest absolute Gasteiger partial charge is 0.139 e. The summed E-state index contributed by atoms with van der Waals surface area (Å²) in [5, 5.41) is 5.59. The normalized spacial score (nSPS) is 11.8. The van der Waals surface area contributed by atoms with Gasteiger partial charge in [-0.05, 0) is 24.3 Å². The molecule has 3 aromatic heterocycles. The molecule has 0 aliphatic carbocycles. The molecular weight excluding hydrogens is 198 g/mol. The lowest BCUT2D eigenvalue weighted by Gasteiger charge is -2.05. The predicted octanol–water partition coefficient (Wildman–Crippen LogP) is 2.74. The first-order chi connectivity index (χ1) is 7.95. The zero-order valence-electron chi connectivity index (χ0n) is 8.54. The molecular formula is C13H9N3. The van der Waals surface area contributed by atoms with Crippen molar-refractivity contribution in [3.8, 4) is 0 Å². The van der Waals surface area contributed by atoms with Crippen LogP contribution in [-0.2, 0) is 0 Å². The molecule has 0 bridgehead atoms. The van der Waals surface area contributed by atoms with Gasteiger partial charge >= 0.3 is 0 Å². The molecule has 4 aromatic rings. The van der Waals surface area contributed by atoms with Gasteiger partial charge in [0.1, 0.15) is 5.65 Å². The third kappa shape index (κ3) is 0.810. The molecule has 0 saturated carbocycles. The fraction of sp³-hybridized carbons (Fsp3) is 0. The van der Waals surface area contributed by atoms with E-state index < -0.39 is 0 Å². The lowest BCUT2D eigenvalue weighted by molar-refractivity contribution is 0.969. The third-order valence-electron chi connectivity index (χ3n) is 3.03. The van der Waals surface area contributed by atoms with Crippen LogP contribution < -0.4 is 0 Å². The summed E-state index contributed by atoms with van der Waals surface area (Å²) >= 11 is 0. The van der Waals surface area contributed by atoms with Gasteiger partial charge in [-0.15, -0.1) is 0 Å². The quantitative estimate of drug-likeness (QED) is 0.434. The van der Waals surface area contributed by atoms with E-state index in [1.165, 1.54) is 10.9 Å². The maximum atomic E-state index is 4.37. The average molecular weight is 207 g/mol. The third-order valence-corrected chi connectivity index (χ3v) is 3.03. The Kier molecular flexibility index (Phi) is 1.31. The molecule has 0 amide bonds. The first-order valence-electron chi connectivity index (χ1n) is 5.27. The molecule has 3 heterocycles. The Bertz CT molecular complexity index is 739. The van der Waals surface area contributed by atoms with Crippen molar-refractivity contribution in [1.82, 2.24) is 14.0 Å². The number of para-hydroxylation sites is 1. The zero-order valence-corrected chi connectivity index (χ0v) is 8.54. The lowest BCUT2D eigenvalue weighted by Crippen LogP contribution is -1.96. The van der Waals surface area contributed by atoms with E-state index in [0.29, 0.717) is 0 Å². The van der Waals surface area contributed by atoms with Crippen LogP contribution >= 0.6 is 0 Å². The van der Waals surface area contributed by atoms with Crippen molar-refractivity contribution in [2.24, 2.45) is 0 Å². The maximum Gasteiger partial charge on any atom is 0.139 e. The van der Waals surface area contributed by atoms with Crippen molar-refractivity contribution >= 4 is 22.1 Å². The molecule has 0 aliphatic heterocycles. The van der Waals surface area contributed by atoms with Crippen molar-refractivity contribution in [2.45, 2.75) is 0 Å². The molecule has 76 valence electrons. The van der Waals surface area contributed by atoms with Gasteiger partial charge in [-0.3, -0.25) is 0 Å². The summed E-state index contributed by atoms with van der Waals surface area (Å²) in [6, 6.07) is 14.6. The van der Waals surface area contributed by atoms with Gasteiger partial charge in [-0.25, -0.2) is 4.52 Å². The minimum atomic E-state index is 1.10. The van der Waals surface area contributed by atoms with Crippen LogP contribution in [0.4, 0.5) is 0 Å². The van der Waals surface area contributed by atoms with Gasteiger partial charge in [0, 0.05) is 11.6 Å². The van der Waals surface area contributed by atoms with Gasteiger partial charge in [0.05, 0.1) is 17.2 Å². The summed E-state index contributed by atoms with van der Waals surface area (Å²) in [7, 11) is 0. The van der Waals surface area contributed by atoms with E-state index in [1.807, 2.05) is 16.8 Å². The predicted molar refractivity (Wildman–Crippen MR) is 63.7 cm³/mol. The summed E-state index contributed by atoms with van der Waals surface area (Å²) in [6.45, 7) is 0. The molecule has 0 radical (unpaired) electrons. The van der Waals surface area contributed by atoms with Crippen LogP contribution in [0.25, 0.3) is 22.1 Å². The molecule has 1 aromatic carbocycles. The van der Waals surface area contributed by atoms with Crippen molar-refractivity contribution in [3.63, 3.8) is 0 Å². The van der Waals surface area contributed by atoms with E-state index in [0.717, 1.165) is 11.2 Å². The molecule has 0 fully saturated rings. The van der Waals surface area contributed by atoms with Crippen molar-refractivity contribution < 1.29 is 0 Å². The van der Waals surface area contributed by atoms with Crippen molar-refractivity contribution in [1.29, 1.82) is 0 Å². The molecule has 3 heteroatoms. The fourth-order valence-electron chi connectivity index (χ4n) is 2.34. The van der Waals surface area contributed by atoms with E-state index >= 15 is 0 Å². The first-order valence-corrected chi connectivity index (χ1v) is 5.27. The number of fused-ring (bicyclic) bond motifs is 6. The van der Waals surface area contributed by atoms with Crippen LogP contribution in [0.3, 0.4) is 0 Å². The molecule has 0 atom stereocenters. The van der Waals surface area contributed by atoms with Crippen LogP contribution in [0.15, 0.2) is 54.9 Å². The second-order valence-electron chi connectivity index (χ2n) is 3.88. The van der Waals surface area contributed by atoms with Gasteiger partial charge in [0.25, 0.3) is 0 Å². The topological polar surface area (TPSA) is 21.7 Å². The summed E-state index contributed by atoms with van der Waals surface area (Å²) in [4.78, 5) is 0. The molecule has 16 heavy (non-hydrogen) atoms. The number of aromatic nitrogens is 3. The number of rotatable bonds is 0. The Labute approximate surface area is 91.5 Å². The number of benzene rings is 1. The molecule has 0 N–H and O–H groups in total. The van der Waals surface area contributed by atoms with E-state index in [2.05, 4.69) is 52.1 Å². The summed E-state index contributed by atoms with van der Waals surface area (Å²) < 4.78 is 4.14. The highest BCUT2D eigenvalue weighted by Crippen LogP contribution is 2.22. The molecule has 0 aliphatic rings. The zero-order chi connectivity index (χ0) is 10.5. The van der Waals surface area contributed by atoms with E-state index in [1.54, 1.807) is 0 Å². The second-order valence-corrected chi connectivity index (χ2v) is 3.88. The van der Waals surface area contributed by atoms with Crippen LogP contribution in [0.1, 0.15) is 0 Å². The average Bonchev–Trinajstić information content (AvgIpc) is 2.98. The van der Waals surface area contributed by atoms with E-state index in [-0.39, 0.29) is 0 Å². The van der Waals surface area contributed by atoms with Gasteiger partial charge in [0.2, 0.25) is 0 Å². The Morgan fingerprint density at radius 1 is 0.875 bits per heavy atom. The number of hydrogen-bond donors (Lipinski definition) is 0. The molecule has 4 rings (SSSR count). The number of nitrogens with zero attached hydrogens (tertiary/aromatic N) is 3. The van der Waals surface area contributed by atoms with E-state index in [4.69, 9.17) is 0 Å². The summed E-state index contributed by atoms with van der Waals surface area (Å²) in [5.74, 6) is 0. The minimum Gasteiger partial charge on any atom is -0.301 e. The highest BCUT2D eigenvalue weighted by molar-refractivity contribution is 5.95. The van der Waals surface area contributed by atoms with Crippen LogP contribution in [-0.4, -0.2) is 14.0 Å². The second kappa shape index (κ2) is 2.64. The Morgan fingerprint density at radius 2 is 1.81 bits per heavy atom. The van der Waals surface area contributed by atoms with Crippen molar-refractivity contribution in [2.75, 3.05) is 0 Å². The maximum absolute atomic E-state index is 4.37. The number of hydrogen-bond acceptors (Lipinski definition) is 1. The minimum absolute atomic E-state index is 1.10.